The van der Waals surface area contributed by atoms with Crippen LogP contribution in [0.4, 0.5) is 0 Å². The van der Waals surface area contributed by atoms with Gasteiger partial charge in [-0.15, -0.1) is 0 Å². The Morgan fingerprint density at radius 2 is 0.920 bits per heavy atom. The van der Waals surface area contributed by atoms with Crippen molar-refractivity contribution in [2.24, 2.45) is 0 Å². The van der Waals surface area contributed by atoms with Crippen LogP contribution in [0.3, 0.4) is 0 Å². The van der Waals surface area contributed by atoms with Crippen molar-refractivity contribution < 1.29 is 17.0 Å². The second-order valence-corrected chi connectivity index (χ2v) is 9.28. The van der Waals surface area contributed by atoms with Crippen molar-refractivity contribution in [3.05, 3.63) is 71.8 Å². The summed E-state index contributed by atoms with van der Waals surface area (Å²) in [5, 5.41) is 0. The van der Waals surface area contributed by atoms with E-state index in [9.17, 15) is 0 Å². The molecule has 0 unspecified atom stereocenters. The normalized spacial score (nSPS) is 17.2. The van der Waals surface area contributed by atoms with Gasteiger partial charge in [0, 0.05) is 0 Å². The van der Waals surface area contributed by atoms with Gasteiger partial charge in [0.15, 0.2) is 0 Å². The predicted octanol–water partition coefficient (Wildman–Crippen LogP) is 7.67. The van der Waals surface area contributed by atoms with Gasteiger partial charge in [-0.05, 0) is 37.5 Å². The molecule has 0 bridgehead atoms. The van der Waals surface area contributed by atoms with Gasteiger partial charge in [-0.25, -0.2) is 0 Å². The van der Waals surface area contributed by atoms with E-state index in [0.29, 0.717) is 0 Å². The van der Waals surface area contributed by atoms with E-state index in [2.05, 4.69) is 36.4 Å². The first-order valence-corrected chi connectivity index (χ1v) is 13.5. The third-order valence-corrected chi connectivity index (χ3v) is 5.14. The smallest absolute Gasteiger partial charge is 0.0386 e. The van der Waals surface area contributed by atoms with Crippen molar-refractivity contribution >= 4 is 18.6 Å². The fraction of sp³-hybridized carbons (Fsp3) is 0.455. The summed E-state index contributed by atoms with van der Waals surface area (Å²) >= 11 is -0.556. The monoisotopic (exact) mass is 408 g/mol. The van der Waals surface area contributed by atoms with Gasteiger partial charge in [0.2, 0.25) is 0 Å². The van der Waals surface area contributed by atoms with Crippen molar-refractivity contribution in [3.8, 4) is 0 Å². The van der Waals surface area contributed by atoms with Crippen LogP contribution >= 0.6 is 18.6 Å². The molecule has 0 aliphatic heterocycles. The van der Waals surface area contributed by atoms with E-state index in [-0.39, 0.29) is 0 Å². The summed E-state index contributed by atoms with van der Waals surface area (Å²) < 4.78 is 0. The van der Waals surface area contributed by atoms with Crippen LogP contribution in [0.1, 0.15) is 74.3 Å². The van der Waals surface area contributed by atoms with Crippen molar-refractivity contribution in [2.45, 2.75) is 63.2 Å². The van der Waals surface area contributed by atoms with Gasteiger partial charge in [-0.1, -0.05) is 25.7 Å². The summed E-state index contributed by atoms with van der Waals surface area (Å²) in [7, 11) is 9.78. The predicted molar refractivity (Wildman–Crippen MR) is 105 cm³/mol. The second-order valence-electron chi connectivity index (χ2n) is 6.70. The Morgan fingerprint density at radius 3 is 1.20 bits per heavy atom. The van der Waals surface area contributed by atoms with Gasteiger partial charge in [-0.2, -0.15) is 71.8 Å². The molecule has 0 atom stereocenters. The Hall–Kier alpha value is -0.266. The molecule has 3 heteroatoms. The Bertz CT molecular complexity index is 495. The minimum atomic E-state index is -0.556. The van der Waals surface area contributed by atoms with Crippen molar-refractivity contribution in [1.29, 1.82) is 0 Å². The van der Waals surface area contributed by atoms with E-state index in [1.165, 1.54) is 62.5 Å². The first kappa shape index (κ1) is 21.0. The van der Waals surface area contributed by atoms with Crippen molar-refractivity contribution in [1.82, 2.24) is 0 Å². The van der Waals surface area contributed by atoms with Crippen molar-refractivity contribution in [2.75, 3.05) is 0 Å². The van der Waals surface area contributed by atoms with E-state index in [4.69, 9.17) is 18.6 Å². The maximum absolute atomic E-state index is 4.89. The van der Waals surface area contributed by atoms with Crippen LogP contribution in [-0.4, -0.2) is 0 Å². The molecule has 134 valence electrons. The van der Waals surface area contributed by atoms with Gasteiger partial charge in [0.05, 0.1) is 0 Å². The Labute approximate surface area is 170 Å². The zero-order valence-electron chi connectivity index (χ0n) is 14.7. The van der Waals surface area contributed by atoms with Crippen LogP contribution in [-0.2, 0) is 17.0 Å². The summed E-state index contributed by atoms with van der Waals surface area (Å²) in [6, 6.07) is 23.0. The van der Waals surface area contributed by atoms with Gasteiger partial charge < -0.3 is 0 Å². The van der Waals surface area contributed by atoms with E-state index in [1.807, 2.05) is 24.3 Å². The molecule has 0 aromatic heterocycles. The Kier molecular flexibility index (Phi) is 10.9. The first-order chi connectivity index (χ1) is 12.3. The summed E-state index contributed by atoms with van der Waals surface area (Å²) in [6.07, 6.45) is 11.3. The van der Waals surface area contributed by atoms with Gasteiger partial charge in [0.1, 0.15) is 0 Å². The van der Waals surface area contributed by atoms with Gasteiger partial charge >= 0.3 is 35.6 Å². The second kappa shape index (κ2) is 13.0. The van der Waals surface area contributed by atoms with Crippen LogP contribution in [0.2, 0.25) is 0 Å². The molecule has 2 fully saturated rings. The molecule has 2 saturated carbocycles. The zero-order valence-corrected chi connectivity index (χ0v) is 17.8. The van der Waals surface area contributed by atoms with Crippen LogP contribution in [0.5, 0.6) is 0 Å². The van der Waals surface area contributed by atoms with Gasteiger partial charge in [0.25, 0.3) is 0 Å². The molecule has 0 spiro atoms. The average molecular weight is 409 g/mol. The number of hydrogen-bond acceptors (Lipinski definition) is 0. The Morgan fingerprint density at radius 1 is 0.640 bits per heavy atom. The molecule has 0 heterocycles. The summed E-state index contributed by atoms with van der Waals surface area (Å²) in [4.78, 5) is 0. The molecule has 0 N–H and O–H groups in total. The molecule has 2 aliphatic carbocycles. The Balaban J connectivity index is 0.000000156. The molecule has 2 aliphatic rings. The van der Waals surface area contributed by atoms with Crippen LogP contribution in [0.15, 0.2) is 48.5 Å². The minimum Gasteiger partial charge on any atom is -0.184 e. The van der Waals surface area contributed by atoms with Crippen LogP contribution < -0.4 is 0 Å². The average Bonchev–Trinajstić information content (AvgIpc) is 3.39. The fourth-order valence-electron chi connectivity index (χ4n) is 3.86. The summed E-state index contributed by atoms with van der Waals surface area (Å²) in [5.74, 6) is 1.70. The van der Waals surface area contributed by atoms with E-state index in [0.717, 1.165) is 11.8 Å². The summed E-state index contributed by atoms with van der Waals surface area (Å²) in [5.41, 5.74) is 3.03. The van der Waals surface area contributed by atoms with Crippen LogP contribution in [0.25, 0.3) is 0 Å². The molecule has 0 nitrogen and oxygen atoms in total. The number of benzene rings is 2. The van der Waals surface area contributed by atoms with E-state index >= 15 is 0 Å². The molecule has 2 aromatic rings. The number of hydrogen-bond donors (Lipinski definition) is 0. The first-order valence-electron chi connectivity index (χ1n) is 9.23. The third-order valence-electron chi connectivity index (χ3n) is 5.14. The molecule has 25 heavy (non-hydrogen) atoms. The van der Waals surface area contributed by atoms with Crippen LogP contribution in [0, 0.1) is 12.1 Å². The molecule has 0 saturated heterocycles. The third kappa shape index (κ3) is 7.87. The molecule has 2 aromatic carbocycles. The molecular formula is C22H26Cl2Ti-2. The number of halogens is 2. The quantitative estimate of drug-likeness (QED) is 0.353. The zero-order chi connectivity index (χ0) is 17.7. The standard InChI is InChI=1S/2C11H13.2ClH.Ti/c2*1-2-6-10(7-3-1)11-8-4-5-9-11;;;/h2*2-3,6-7,11H,4-5,8-9H2;2*1H;/q2*-1;;;+2/p-2. The largest absolute Gasteiger partial charge is 0.184 e. The molecule has 0 radical (unpaired) electrons. The SMILES string of the molecule is [Cl][Ti][Cl].[c-]1ccc(C2CCCC2)cc1.[c-]1ccc(C2CCCC2)cc1. The number of rotatable bonds is 2. The molecular weight excluding hydrogens is 383 g/mol. The minimum absolute atomic E-state index is 0.556. The van der Waals surface area contributed by atoms with E-state index in [1.54, 1.807) is 0 Å². The fourth-order valence-corrected chi connectivity index (χ4v) is 3.86. The van der Waals surface area contributed by atoms with E-state index < -0.39 is 17.0 Å². The topological polar surface area (TPSA) is 0 Å². The molecule has 0 amide bonds. The molecule has 4 rings (SSSR count). The van der Waals surface area contributed by atoms with Gasteiger partial charge in [-0.3, -0.25) is 0 Å². The maximum atomic E-state index is 4.89. The maximum Gasteiger partial charge on any atom is -0.0386 e. The summed E-state index contributed by atoms with van der Waals surface area (Å²) in [6.45, 7) is 0. The van der Waals surface area contributed by atoms with Crippen molar-refractivity contribution in [3.63, 3.8) is 0 Å².